The zero-order valence-corrected chi connectivity index (χ0v) is 14.0. The van der Waals surface area contributed by atoms with Crippen LogP contribution in [-0.2, 0) is 14.6 Å². The first-order valence-corrected chi connectivity index (χ1v) is 9.24. The number of sulfone groups is 1. The molecule has 2 rings (SSSR count). The number of carbonyl (C=O) groups is 2. The van der Waals surface area contributed by atoms with E-state index >= 15 is 0 Å². The van der Waals surface area contributed by atoms with Crippen LogP contribution in [0.4, 0.5) is 9.18 Å². The lowest BCUT2D eigenvalue weighted by Crippen LogP contribution is -2.48. The summed E-state index contributed by atoms with van der Waals surface area (Å²) in [5, 5.41) is 5.01. The standard InChI is InChI=1S/C15H20FN3O4S/c1-15(6-7-24(22,23)9-15)19-13(20)8-12(18-14(17)21)10-4-2-3-5-11(10)16/h2-5,12H,6-9H2,1H3,(H,19,20)(H3,17,18,21)/t12-,15-/m1/s1. The molecule has 1 heterocycles. The summed E-state index contributed by atoms with van der Waals surface area (Å²) >= 11 is 0. The summed E-state index contributed by atoms with van der Waals surface area (Å²) in [6, 6.07) is 3.91. The Bertz CT molecular complexity index is 753. The molecule has 0 radical (unpaired) electrons. The zero-order chi connectivity index (χ0) is 18.0. The Morgan fingerprint density at radius 1 is 1.38 bits per heavy atom. The molecule has 7 nitrogen and oxygen atoms in total. The number of urea groups is 1. The topological polar surface area (TPSA) is 118 Å². The Morgan fingerprint density at radius 2 is 2.04 bits per heavy atom. The number of hydrogen-bond acceptors (Lipinski definition) is 4. The first kappa shape index (κ1) is 18.2. The second kappa shape index (κ2) is 6.76. The third kappa shape index (κ3) is 4.67. The van der Waals surface area contributed by atoms with Gasteiger partial charge in [0.15, 0.2) is 9.84 Å². The van der Waals surface area contributed by atoms with Crippen molar-refractivity contribution < 1.29 is 22.4 Å². The molecule has 0 saturated carbocycles. The minimum atomic E-state index is -3.17. The van der Waals surface area contributed by atoms with Crippen LogP contribution in [-0.4, -0.2) is 37.4 Å². The van der Waals surface area contributed by atoms with E-state index in [1.165, 1.54) is 18.2 Å². The number of amides is 3. The van der Waals surface area contributed by atoms with E-state index in [1.807, 2.05) is 0 Å². The third-order valence-electron chi connectivity index (χ3n) is 3.93. The molecule has 9 heteroatoms. The lowest BCUT2D eigenvalue weighted by molar-refractivity contribution is -0.123. The van der Waals surface area contributed by atoms with Crippen molar-refractivity contribution in [3.05, 3.63) is 35.6 Å². The molecular formula is C15H20FN3O4S. The number of carbonyl (C=O) groups excluding carboxylic acids is 2. The Balaban J connectivity index is 2.11. The maximum Gasteiger partial charge on any atom is 0.312 e. The number of benzene rings is 1. The highest BCUT2D eigenvalue weighted by Crippen LogP contribution is 2.25. The predicted molar refractivity (Wildman–Crippen MR) is 86.3 cm³/mol. The van der Waals surface area contributed by atoms with E-state index < -0.39 is 39.2 Å². The van der Waals surface area contributed by atoms with Crippen LogP contribution in [0, 0.1) is 5.82 Å². The molecule has 0 aromatic heterocycles. The molecule has 0 spiro atoms. The monoisotopic (exact) mass is 357 g/mol. The first-order valence-electron chi connectivity index (χ1n) is 7.42. The van der Waals surface area contributed by atoms with Gasteiger partial charge in [0.2, 0.25) is 5.91 Å². The minimum Gasteiger partial charge on any atom is -0.352 e. The molecule has 1 saturated heterocycles. The molecule has 1 aromatic carbocycles. The minimum absolute atomic E-state index is 0.0139. The number of nitrogens with two attached hydrogens (primary N) is 1. The zero-order valence-electron chi connectivity index (χ0n) is 13.2. The van der Waals surface area contributed by atoms with Gasteiger partial charge in [-0.15, -0.1) is 0 Å². The molecule has 2 atom stereocenters. The van der Waals surface area contributed by atoms with Gasteiger partial charge in [-0.1, -0.05) is 18.2 Å². The van der Waals surface area contributed by atoms with Gasteiger partial charge < -0.3 is 16.4 Å². The van der Waals surface area contributed by atoms with Gasteiger partial charge in [0, 0.05) is 5.56 Å². The van der Waals surface area contributed by atoms with Crippen LogP contribution in [0.15, 0.2) is 24.3 Å². The van der Waals surface area contributed by atoms with Crippen LogP contribution in [0.1, 0.15) is 31.4 Å². The van der Waals surface area contributed by atoms with Crippen molar-refractivity contribution in [2.45, 2.75) is 31.3 Å². The fourth-order valence-electron chi connectivity index (χ4n) is 2.85. The van der Waals surface area contributed by atoms with E-state index in [2.05, 4.69) is 10.6 Å². The lowest BCUT2D eigenvalue weighted by atomic mass is 9.99. The molecular weight excluding hydrogens is 337 g/mol. The van der Waals surface area contributed by atoms with Crippen LogP contribution in [0.2, 0.25) is 0 Å². The van der Waals surface area contributed by atoms with Crippen molar-refractivity contribution in [3.8, 4) is 0 Å². The highest BCUT2D eigenvalue weighted by molar-refractivity contribution is 7.91. The van der Waals surface area contributed by atoms with E-state index in [4.69, 9.17) is 5.73 Å². The third-order valence-corrected chi connectivity index (χ3v) is 5.83. The quantitative estimate of drug-likeness (QED) is 0.716. The van der Waals surface area contributed by atoms with Gasteiger partial charge in [0.1, 0.15) is 5.82 Å². The van der Waals surface area contributed by atoms with Crippen LogP contribution in [0.25, 0.3) is 0 Å². The summed E-state index contributed by atoms with van der Waals surface area (Å²) in [7, 11) is -3.17. The summed E-state index contributed by atoms with van der Waals surface area (Å²) in [4.78, 5) is 23.4. The Hall–Kier alpha value is -2.16. The van der Waals surface area contributed by atoms with E-state index in [0.29, 0.717) is 6.42 Å². The average molecular weight is 357 g/mol. The van der Waals surface area contributed by atoms with Crippen LogP contribution in [0.3, 0.4) is 0 Å². The number of nitrogens with one attached hydrogen (secondary N) is 2. The molecule has 1 aliphatic rings. The molecule has 3 amide bonds. The molecule has 132 valence electrons. The van der Waals surface area contributed by atoms with E-state index in [1.54, 1.807) is 13.0 Å². The summed E-state index contributed by atoms with van der Waals surface area (Å²) in [6.07, 6.45) is 0.0637. The van der Waals surface area contributed by atoms with E-state index in [-0.39, 0.29) is 23.5 Å². The van der Waals surface area contributed by atoms with Crippen molar-refractivity contribution in [1.82, 2.24) is 10.6 Å². The van der Waals surface area contributed by atoms with Gasteiger partial charge >= 0.3 is 6.03 Å². The van der Waals surface area contributed by atoms with Gasteiger partial charge in [0.25, 0.3) is 0 Å². The molecule has 0 bridgehead atoms. The SMILES string of the molecule is C[C@@]1(NC(=O)C[C@@H](NC(N)=O)c2ccccc2F)CCS(=O)(=O)C1. The summed E-state index contributed by atoms with van der Waals surface area (Å²) in [5.41, 5.74) is 4.37. The van der Waals surface area contributed by atoms with Crippen molar-refractivity contribution in [2.75, 3.05) is 11.5 Å². The molecule has 1 fully saturated rings. The van der Waals surface area contributed by atoms with Gasteiger partial charge in [-0.05, 0) is 19.4 Å². The van der Waals surface area contributed by atoms with Gasteiger partial charge in [-0.25, -0.2) is 17.6 Å². The first-order chi connectivity index (χ1) is 11.1. The Morgan fingerprint density at radius 3 is 2.58 bits per heavy atom. The van der Waals surface area contributed by atoms with Crippen molar-refractivity contribution in [1.29, 1.82) is 0 Å². The average Bonchev–Trinajstić information content (AvgIpc) is 2.71. The van der Waals surface area contributed by atoms with Crippen LogP contribution < -0.4 is 16.4 Å². The molecule has 4 N–H and O–H groups in total. The number of rotatable bonds is 5. The fourth-order valence-corrected chi connectivity index (χ4v) is 4.94. The predicted octanol–water partition coefficient (Wildman–Crippen LogP) is 0.619. The van der Waals surface area contributed by atoms with E-state index in [0.717, 1.165) is 0 Å². The highest BCUT2D eigenvalue weighted by atomic mass is 32.2. The maximum absolute atomic E-state index is 13.9. The lowest BCUT2D eigenvalue weighted by Gasteiger charge is -2.26. The van der Waals surface area contributed by atoms with Crippen LogP contribution >= 0.6 is 0 Å². The van der Waals surface area contributed by atoms with Gasteiger partial charge in [-0.2, -0.15) is 0 Å². The van der Waals surface area contributed by atoms with Crippen LogP contribution in [0.5, 0.6) is 0 Å². The van der Waals surface area contributed by atoms with Gasteiger partial charge in [0.05, 0.1) is 29.5 Å². The van der Waals surface area contributed by atoms with E-state index in [9.17, 15) is 22.4 Å². The molecule has 24 heavy (non-hydrogen) atoms. The number of primary amides is 1. The molecule has 1 aliphatic heterocycles. The van der Waals surface area contributed by atoms with Crippen molar-refractivity contribution >= 4 is 21.8 Å². The summed E-state index contributed by atoms with van der Waals surface area (Å²) < 4.78 is 37.1. The molecule has 0 unspecified atom stereocenters. The second-order valence-electron chi connectivity index (χ2n) is 6.24. The number of hydrogen-bond donors (Lipinski definition) is 3. The second-order valence-corrected chi connectivity index (χ2v) is 8.42. The maximum atomic E-state index is 13.9. The normalized spacial score (nSPS) is 23.4. The largest absolute Gasteiger partial charge is 0.352 e. The van der Waals surface area contributed by atoms with Gasteiger partial charge in [-0.3, -0.25) is 4.79 Å². The highest BCUT2D eigenvalue weighted by Gasteiger charge is 2.39. The number of halogens is 1. The van der Waals surface area contributed by atoms with Crippen molar-refractivity contribution in [2.24, 2.45) is 5.73 Å². The Kier molecular flexibility index (Phi) is 5.12. The molecule has 0 aliphatic carbocycles. The fraction of sp³-hybridized carbons (Fsp3) is 0.467. The summed E-state index contributed by atoms with van der Waals surface area (Å²) in [6.45, 7) is 1.65. The smallest absolute Gasteiger partial charge is 0.312 e. The van der Waals surface area contributed by atoms with Crippen molar-refractivity contribution in [3.63, 3.8) is 0 Å². The Labute approximate surface area is 139 Å². The molecule has 1 aromatic rings. The summed E-state index contributed by atoms with van der Waals surface area (Å²) in [5.74, 6) is -1.19.